The lowest BCUT2D eigenvalue weighted by atomic mass is 9.80. The number of aromatic nitrogens is 4. The first kappa shape index (κ1) is 18.9. The van der Waals surface area contributed by atoms with Gasteiger partial charge >= 0.3 is 0 Å². The Morgan fingerprint density at radius 2 is 2.03 bits per heavy atom. The Hall–Kier alpha value is -2.79. The summed E-state index contributed by atoms with van der Waals surface area (Å²) in [5, 5.41) is 23.3. The van der Waals surface area contributed by atoms with Crippen LogP contribution in [0, 0.1) is 5.41 Å². The van der Waals surface area contributed by atoms with Gasteiger partial charge in [0.05, 0.1) is 40.5 Å². The van der Waals surface area contributed by atoms with E-state index in [0.29, 0.717) is 36.0 Å². The average Bonchev–Trinajstić information content (AvgIpc) is 3.50. The van der Waals surface area contributed by atoms with Crippen LogP contribution in [0.2, 0.25) is 0 Å². The molecule has 0 radical (unpaired) electrons. The van der Waals surface area contributed by atoms with E-state index in [9.17, 15) is 10.2 Å². The van der Waals surface area contributed by atoms with Crippen molar-refractivity contribution in [2.75, 3.05) is 18.1 Å². The predicted molar refractivity (Wildman–Crippen MR) is 117 cm³/mol. The predicted octanol–water partition coefficient (Wildman–Crippen LogP) is 2.02. The molecule has 9 nitrogen and oxygen atoms in total. The van der Waals surface area contributed by atoms with Gasteiger partial charge in [-0.2, -0.15) is 0 Å². The lowest BCUT2D eigenvalue weighted by molar-refractivity contribution is -0.0309. The van der Waals surface area contributed by atoms with E-state index in [1.165, 1.54) is 17.7 Å². The van der Waals surface area contributed by atoms with Crippen LogP contribution < -0.4 is 11.5 Å². The van der Waals surface area contributed by atoms with Crippen molar-refractivity contribution >= 4 is 43.5 Å². The van der Waals surface area contributed by atoms with E-state index in [2.05, 4.69) is 15.0 Å². The van der Waals surface area contributed by atoms with Gasteiger partial charge in [-0.05, 0) is 36.6 Å². The number of anilines is 2. The van der Waals surface area contributed by atoms with E-state index >= 15 is 0 Å². The first-order valence-electron chi connectivity index (χ1n) is 10.2. The largest absolute Gasteiger partial charge is 0.390 e. The minimum absolute atomic E-state index is 0.174. The average molecular weight is 439 g/mol. The number of ether oxygens (including phenoxy) is 1. The monoisotopic (exact) mass is 438 g/mol. The summed E-state index contributed by atoms with van der Waals surface area (Å²) in [5.41, 5.74) is 13.8. The van der Waals surface area contributed by atoms with Gasteiger partial charge < -0.3 is 31.0 Å². The molecule has 10 heteroatoms. The molecule has 5 atom stereocenters. The zero-order chi connectivity index (χ0) is 21.3. The molecule has 160 valence electrons. The molecule has 0 bridgehead atoms. The highest BCUT2D eigenvalue weighted by Crippen LogP contribution is 2.55. The Labute approximate surface area is 181 Å². The summed E-state index contributed by atoms with van der Waals surface area (Å²) >= 11 is 1.45. The lowest BCUT2D eigenvalue weighted by Gasteiger charge is -2.26. The fourth-order valence-corrected chi connectivity index (χ4v) is 5.94. The molecule has 1 aliphatic carbocycles. The van der Waals surface area contributed by atoms with Crippen LogP contribution in [0.4, 0.5) is 10.9 Å². The fourth-order valence-electron chi connectivity index (χ4n) is 5.23. The van der Waals surface area contributed by atoms with Crippen molar-refractivity contribution in [2.45, 2.75) is 37.2 Å². The molecule has 0 unspecified atom stereocenters. The SMILES string of the molecule is Nc1nc2cc([C@H]3C[C@@]4(CO3)C[C@@H](n3ccc5c(N)ncnc53)[C@H](O)[C@@H]4O)ccc2s1. The summed E-state index contributed by atoms with van der Waals surface area (Å²) in [6.07, 6.45) is 2.44. The van der Waals surface area contributed by atoms with Gasteiger partial charge in [-0.1, -0.05) is 17.4 Å². The Bertz CT molecular complexity index is 1310. The van der Waals surface area contributed by atoms with Gasteiger partial charge in [0.25, 0.3) is 0 Å². The summed E-state index contributed by atoms with van der Waals surface area (Å²) in [6.45, 7) is 0.375. The summed E-state index contributed by atoms with van der Waals surface area (Å²) in [6, 6.07) is 7.55. The van der Waals surface area contributed by atoms with Gasteiger partial charge in [-0.25, -0.2) is 15.0 Å². The van der Waals surface area contributed by atoms with Crippen LogP contribution in [-0.2, 0) is 4.74 Å². The number of fused-ring (bicyclic) bond motifs is 2. The van der Waals surface area contributed by atoms with Gasteiger partial charge in [-0.3, -0.25) is 0 Å². The van der Waals surface area contributed by atoms with E-state index in [1.54, 1.807) is 0 Å². The molecule has 4 aromatic rings. The third kappa shape index (κ3) is 2.76. The zero-order valence-corrected chi connectivity index (χ0v) is 17.4. The number of aliphatic hydroxyl groups excluding tert-OH is 2. The molecule has 31 heavy (non-hydrogen) atoms. The molecular weight excluding hydrogens is 416 g/mol. The number of rotatable bonds is 2. The highest BCUT2D eigenvalue weighted by Gasteiger charge is 2.57. The molecule has 1 saturated heterocycles. The van der Waals surface area contributed by atoms with Crippen molar-refractivity contribution < 1.29 is 14.9 Å². The highest BCUT2D eigenvalue weighted by molar-refractivity contribution is 7.22. The van der Waals surface area contributed by atoms with Gasteiger partial charge in [-0.15, -0.1) is 0 Å². The van der Waals surface area contributed by atoms with Gasteiger partial charge in [0.15, 0.2) is 5.13 Å². The first-order valence-corrected chi connectivity index (χ1v) is 11.0. The summed E-state index contributed by atoms with van der Waals surface area (Å²) in [4.78, 5) is 12.7. The number of nitrogen functional groups attached to an aromatic ring is 2. The second-order valence-electron chi connectivity index (χ2n) is 8.57. The Kier molecular flexibility index (Phi) is 4.03. The standard InChI is InChI=1S/C21H22N6O3S/c22-18-11-3-4-27(19(11)25-9-24-18)13-6-21(17(29)16(13)28)7-14(30-8-21)10-1-2-15-12(5-10)26-20(23)31-15/h1-5,9,13-14,16-17,28-29H,6-8H2,(H2,23,26)(H2,22,24,25)/t13-,14-,16+,17+,21-/m1/s1. The molecule has 4 heterocycles. The number of nitrogens with zero attached hydrogens (tertiary/aromatic N) is 4. The van der Waals surface area contributed by atoms with Crippen LogP contribution in [0.3, 0.4) is 0 Å². The smallest absolute Gasteiger partial charge is 0.181 e. The molecule has 2 aliphatic rings. The molecule has 0 amide bonds. The Balaban J connectivity index is 1.31. The molecular formula is C21H22N6O3S. The summed E-state index contributed by atoms with van der Waals surface area (Å²) in [7, 11) is 0. The van der Waals surface area contributed by atoms with Gasteiger partial charge in [0, 0.05) is 11.6 Å². The van der Waals surface area contributed by atoms with Crippen molar-refractivity contribution in [1.82, 2.24) is 19.5 Å². The molecule has 6 rings (SSSR count). The summed E-state index contributed by atoms with van der Waals surface area (Å²) < 4.78 is 9.07. The van der Waals surface area contributed by atoms with Gasteiger partial charge in [0.2, 0.25) is 0 Å². The maximum Gasteiger partial charge on any atom is 0.181 e. The van der Waals surface area contributed by atoms with Crippen LogP contribution in [-0.4, -0.2) is 48.5 Å². The normalized spacial score (nSPS) is 30.8. The Morgan fingerprint density at radius 1 is 1.16 bits per heavy atom. The molecule has 1 spiro atoms. The van der Waals surface area contributed by atoms with Crippen molar-refractivity contribution in [3.05, 3.63) is 42.4 Å². The fraction of sp³-hybridized carbons (Fsp3) is 0.381. The third-order valence-electron chi connectivity index (χ3n) is 6.82. The number of aliphatic hydroxyl groups is 2. The molecule has 1 saturated carbocycles. The third-order valence-corrected chi connectivity index (χ3v) is 7.69. The second kappa shape index (κ2) is 6.60. The quantitative estimate of drug-likeness (QED) is 0.372. The zero-order valence-electron chi connectivity index (χ0n) is 16.5. The van der Waals surface area contributed by atoms with E-state index in [-0.39, 0.29) is 12.1 Å². The van der Waals surface area contributed by atoms with Crippen LogP contribution in [0.25, 0.3) is 21.3 Å². The Morgan fingerprint density at radius 3 is 2.90 bits per heavy atom. The van der Waals surface area contributed by atoms with Crippen LogP contribution in [0.1, 0.15) is 30.6 Å². The highest BCUT2D eigenvalue weighted by atomic mass is 32.1. The first-order chi connectivity index (χ1) is 14.9. The second-order valence-corrected chi connectivity index (χ2v) is 9.63. The minimum Gasteiger partial charge on any atom is -0.390 e. The number of thiazole rings is 1. The molecule has 1 aromatic carbocycles. The van der Waals surface area contributed by atoms with E-state index < -0.39 is 17.6 Å². The number of nitrogens with two attached hydrogens (primary N) is 2. The number of benzene rings is 1. The van der Waals surface area contributed by atoms with Crippen molar-refractivity contribution in [1.29, 1.82) is 0 Å². The van der Waals surface area contributed by atoms with E-state index in [1.807, 2.05) is 35.0 Å². The lowest BCUT2D eigenvalue weighted by Crippen LogP contribution is -2.37. The van der Waals surface area contributed by atoms with Crippen LogP contribution >= 0.6 is 11.3 Å². The number of hydrogen-bond donors (Lipinski definition) is 4. The molecule has 2 fully saturated rings. The van der Waals surface area contributed by atoms with E-state index in [0.717, 1.165) is 21.2 Å². The molecule has 6 N–H and O–H groups in total. The maximum absolute atomic E-state index is 11.1. The molecule has 1 aliphatic heterocycles. The number of hydrogen-bond acceptors (Lipinski definition) is 9. The van der Waals surface area contributed by atoms with Crippen LogP contribution in [0.15, 0.2) is 36.8 Å². The van der Waals surface area contributed by atoms with Crippen LogP contribution in [0.5, 0.6) is 0 Å². The maximum atomic E-state index is 11.1. The van der Waals surface area contributed by atoms with Gasteiger partial charge in [0.1, 0.15) is 23.9 Å². The molecule has 3 aromatic heterocycles. The topological polar surface area (TPSA) is 145 Å². The van der Waals surface area contributed by atoms with Crippen molar-refractivity contribution in [3.8, 4) is 0 Å². The van der Waals surface area contributed by atoms with E-state index in [4.69, 9.17) is 16.2 Å². The van der Waals surface area contributed by atoms with Crippen molar-refractivity contribution in [2.24, 2.45) is 5.41 Å². The van der Waals surface area contributed by atoms with Crippen molar-refractivity contribution in [3.63, 3.8) is 0 Å². The summed E-state index contributed by atoms with van der Waals surface area (Å²) in [5.74, 6) is 0.397. The minimum atomic E-state index is -0.935.